The van der Waals surface area contributed by atoms with Gasteiger partial charge in [-0.3, -0.25) is 9.59 Å². The van der Waals surface area contributed by atoms with Crippen molar-refractivity contribution in [3.05, 3.63) is 52.0 Å². The molecule has 0 aliphatic rings. The maximum Gasteiger partial charge on any atom is 0.265 e. The minimum atomic E-state index is -0.681. The van der Waals surface area contributed by atoms with Crippen LogP contribution < -0.4 is 15.4 Å². The molecule has 0 saturated heterocycles. The Kier molecular flexibility index (Phi) is 6.23. The first-order valence-corrected chi connectivity index (χ1v) is 8.32. The summed E-state index contributed by atoms with van der Waals surface area (Å²) >= 11 is 9.42. The zero-order chi connectivity index (χ0) is 17.7. The molecule has 0 radical (unpaired) electrons. The van der Waals surface area contributed by atoms with E-state index in [0.717, 1.165) is 4.47 Å². The fourth-order valence-corrected chi connectivity index (χ4v) is 2.39. The zero-order valence-electron chi connectivity index (χ0n) is 13.1. The van der Waals surface area contributed by atoms with Gasteiger partial charge in [-0.25, -0.2) is 0 Å². The van der Waals surface area contributed by atoms with Crippen molar-refractivity contribution in [2.75, 3.05) is 10.6 Å². The van der Waals surface area contributed by atoms with Gasteiger partial charge in [-0.2, -0.15) is 0 Å². The molecular formula is C17H16BrClN2O3. The van der Waals surface area contributed by atoms with Crippen LogP contribution in [0, 0.1) is 0 Å². The third kappa shape index (κ3) is 5.25. The van der Waals surface area contributed by atoms with Crippen molar-refractivity contribution in [3.63, 3.8) is 0 Å². The van der Waals surface area contributed by atoms with Crippen LogP contribution in [0.4, 0.5) is 11.4 Å². The number of amides is 2. The van der Waals surface area contributed by atoms with E-state index in [1.54, 1.807) is 37.3 Å². The molecule has 0 spiro atoms. The van der Waals surface area contributed by atoms with Gasteiger partial charge >= 0.3 is 0 Å². The third-order valence-corrected chi connectivity index (χ3v) is 3.88. The van der Waals surface area contributed by atoms with Gasteiger partial charge in [0.15, 0.2) is 6.10 Å². The van der Waals surface area contributed by atoms with E-state index < -0.39 is 6.10 Å². The molecule has 0 aliphatic carbocycles. The van der Waals surface area contributed by atoms with E-state index in [9.17, 15) is 9.59 Å². The fourth-order valence-electron chi connectivity index (χ4n) is 1.90. The topological polar surface area (TPSA) is 67.4 Å². The molecule has 0 aliphatic heterocycles. The van der Waals surface area contributed by atoms with Crippen LogP contribution in [0.3, 0.4) is 0 Å². The monoisotopic (exact) mass is 410 g/mol. The maximum atomic E-state index is 12.2. The quantitative estimate of drug-likeness (QED) is 0.763. The molecule has 2 N–H and O–H groups in total. The number of benzene rings is 2. The fraction of sp³-hybridized carbons (Fsp3) is 0.176. The van der Waals surface area contributed by atoms with Gasteiger partial charge in [0.2, 0.25) is 5.91 Å². The van der Waals surface area contributed by atoms with Crippen molar-refractivity contribution < 1.29 is 14.3 Å². The minimum Gasteiger partial charge on any atom is -0.481 e. The van der Waals surface area contributed by atoms with Crippen LogP contribution in [-0.2, 0) is 9.59 Å². The average molecular weight is 412 g/mol. The number of ether oxygens (including phenoxy) is 1. The largest absolute Gasteiger partial charge is 0.481 e. The summed E-state index contributed by atoms with van der Waals surface area (Å²) in [6.07, 6.45) is -0.681. The first kappa shape index (κ1) is 18.3. The Labute approximate surface area is 153 Å². The highest BCUT2D eigenvalue weighted by Gasteiger charge is 2.15. The molecular weight excluding hydrogens is 396 g/mol. The standard InChI is InChI=1S/C17H16BrClN2O3/c1-10(24-14-6-3-12(18)4-7-14)17(23)21-13-5-8-16(15(19)9-13)20-11(2)22/h3-10H,1-2H3,(H,20,22)(H,21,23). The van der Waals surface area contributed by atoms with Crippen molar-refractivity contribution in [2.45, 2.75) is 20.0 Å². The number of hydrogen-bond acceptors (Lipinski definition) is 3. The highest BCUT2D eigenvalue weighted by molar-refractivity contribution is 9.10. The summed E-state index contributed by atoms with van der Waals surface area (Å²) in [5.74, 6) is 0.0753. The molecule has 0 fully saturated rings. The number of halogens is 2. The van der Waals surface area contributed by atoms with Crippen molar-refractivity contribution >= 4 is 50.7 Å². The van der Waals surface area contributed by atoms with E-state index >= 15 is 0 Å². The molecule has 1 atom stereocenters. The Bertz CT molecular complexity index is 750. The molecule has 0 heterocycles. The maximum absolute atomic E-state index is 12.2. The third-order valence-electron chi connectivity index (χ3n) is 3.04. The van der Waals surface area contributed by atoms with Gasteiger partial charge in [-0.05, 0) is 49.4 Å². The number of carbonyl (C=O) groups is 2. The average Bonchev–Trinajstić information content (AvgIpc) is 2.52. The van der Waals surface area contributed by atoms with Crippen LogP contribution in [0.1, 0.15) is 13.8 Å². The van der Waals surface area contributed by atoms with Crippen LogP contribution >= 0.6 is 27.5 Å². The molecule has 24 heavy (non-hydrogen) atoms. The SMILES string of the molecule is CC(=O)Nc1ccc(NC(=O)C(C)Oc2ccc(Br)cc2)cc1Cl. The summed E-state index contributed by atoms with van der Waals surface area (Å²) in [6, 6.07) is 12.1. The van der Waals surface area contributed by atoms with Crippen LogP contribution in [-0.4, -0.2) is 17.9 Å². The zero-order valence-corrected chi connectivity index (χ0v) is 15.4. The summed E-state index contributed by atoms with van der Waals surface area (Å²) in [6.45, 7) is 3.05. The summed E-state index contributed by atoms with van der Waals surface area (Å²) in [4.78, 5) is 23.3. The number of rotatable bonds is 5. The van der Waals surface area contributed by atoms with Crippen LogP contribution in [0.5, 0.6) is 5.75 Å². The normalized spacial score (nSPS) is 11.5. The Morgan fingerprint density at radius 2 is 1.79 bits per heavy atom. The van der Waals surface area contributed by atoms with Crippen molar-refractivity contribution in [1.29, 1.82) is 0 Å². The van der Waals surface area contributed by atoms with E-state index in [-0.39, 0.29) is 11.8 Å². The lowest BCUT2D eigenvalue weighted by molar-refractivity contribution is -0.122. The lowest BCUT2D eigenvalue weighted by Gasteiger charge is -2.15. The molecule has 7 heteroatoms. The summed E-state index contributed by atoms with van der Waals surface area (Å²) in [7, 11) is 0. The molecule has 126 valence electrons. The van der Waals surface area contributed by atoms with Crippen molar-refractivity contribution in [1.82, 2.24) is 0 Å². The molecule has 0 aromatic heterocycles. The first-order chi connectivity index (χ1) is 11.3. The van der Waals surface area contributed by atoms with Crippen molar-refractivity contribution in [2.24, 2.45) is 0 Å². The predicted octanol–water partition coefficient (Wildman–Crippen LogP) is 4.47. The predicted molar refractivity (Wildman–Crippen MR) is 98.6 cm³/mol. The molecule has 2 rings (SSSR count). The number of nitrogens with one attached hydrogen (secondary N) is 2. The lowest BCUT2D eigenvalue weighted by Crippen LogP contribution is -2.30. The van der Waals surface area contributed by atoms with Crippen LogP contribution in [0.25, 0.3) is 0 Å². The highest BCUT2D eigenvalue weighted by atomic mass is 79.9. The molecule has 0 saturated carbocycles. The van der Waals surface area contributed by atoms with E-state index in [1.807, 2.05) is 12.1 Å². The second-order valence-electron chi connectivity index (χ2n) is 5.08. The second-order valence-corrected chi connectivity index (χ2v) is 6.40. The Morgan fingerprint density at radius 3 is 2.38 bits per heavy atom. The van der Waals surface area contributed by atoms with Gasteiger partial charge in [0.1, 0.15) is 5.75 Å². The summed E-state index contributed by atoms with van der Waals surface area (Å²) in [5.41, 5.74) is 1.01. The molecule has 0 bridgehead atoms. The van der Waals surface area contributed by atoms with Gasteiger partial charge < -0.3 is 15.4 Å². The minimum absolute atomic E-state index is 0.217. The van der Waals surface area contributed by atoms with E-state index in [0.29, 0.717) is 22.1 Å². The first-order valence-electron chi connectivity index (χ1n) is 7.15. The summed E-state index contributed by atoms with van der Waals surface area (Å²) < 4.78 is 6.52. The van der Waals surface area contributed by atoms with Gasteiger partial charge in [-0.15, -0.1) is 0 Å². The molecule has 2 aromatic carbocycles. The van der Waals surface area contributed by atoms with Gasteiger partial charge in [0.25, 0.3) is 5.91 Å². The number of hydrogen-bond donors (Lipinski definition) is 2. The molecule has 1 unspecified atom stereocenters. The van der Waals surface area contributed by atoms with Crippen LogP contribution in [0.2, 0.25) is 5.02 Å². The van der Waals surface area contributed by atoms with Gasteiger partial charge in [-0.1, -0.05) is 27.5 Å². The van der Waals surface area contributed by atoms with E-state index in [2.05, 4.69) is 26.6 Å². The Morgan fingerprint density at radius 1 is 1.12 bits per heavy atom. The van der Waals surface area contributed by atoms with E-state index in [4.69, 9.17) is 16.3 Å². The molecule has 2 aromatic rings. The number of carbonyl (C=O) groups excluding carboxylic acids is 2. The molecule has 5 nitrogen and oxygen atoms in total. The van der Waals surface area contributed by atoms with Crippen LogP contribution in [0.15, 0.2) is 46.9 Å². The number of anilines is 2. The second kappa shape index (κ2) is 8.17. The van der Waals surface area contributed by atoms with Gasteiger partial charge in [0.05, 0.1) is 10.7 Å². The van der Waals surface area contributed by atoms with Crippen molar-refractivity contribution in [3.8, 4) is 5.75 Å². The van der Waals surface area contributed by atoms with E-state index in [1.165, 1.54) is 6.92 Å². The summed E-state index contributed by atoms with van der Waals surface area (Å²) in [5, 5.41) is 5.66. The smallest absolute Gasteiger partial charge is 0.265 e. The Hall–Kier alpha value is -2.05. The lowest BCUT2D eigenvalue weighted by atomic mass is 10.2. The molecule has 2 amide bonds. The Balaban J connectivity index is 1.99. The van der Waals surface area contributed by atoms with Gasteiger partial charge in [0, 0.05) is 17.1 Å². The highest BCUT2D eigenvalue weighted by Crippen LogP contribution is 2.26.